The average molecular weight is 263 g/mol. The first kappa shape index (κ1) is 14.1. The molecular weight excluding hydrogens is 238 g/mol. The molecule has 1 fully saturated rings. The number of ether oxygens (including phenoxy) is 1. The summed E-state index contributed by atoms with van der Waals surface area (Å²) in [5.74, 6) is 1.73. The molecule has 1 aliphatic heterocycles. The standard InChI is InChI=1S/C15H25N3O/c1-3-11-19-13-5-4-8-17-14(13)18-12-15(2)6-9-16-10-7-15/h4-5,8,16H,3,6-7,9-12H2,1-2H3,(H,17,18). The van der Waals surface area contributed by atoms with Gasteiger partial charge in [-0.2, -0.15) is 0 Å². The second-order valence-corrected chi connectivity index (χ2v) is 5.61. The molecule has 0 bridgehead atoms. The Morgan fingerprint density at radius 1 is 1.42 bits per heavy atom. The Morgan fingerprint density at radius 2 is 2.21 bits per heavy atom. The topological polar surface area (TPSA) is 46.2 Å². The molecule has 1 aliphatic rings. The summed E-state index contributed by atoms with van der Waals surface area (Å²) in [5.41, 5.74) is 0.352. The molecule has 2 rings (SSSR count). The molecule has 0 radical (unpaired) electrons. The maximum Gasteiger partial charge on any atom is 0.168 e. The minimum atomic E-state index is 0.352. The van der Waals surface area contributed by atoms with E-state index < -0.39 is 0 Å². The van der Waals surface area contributed by atoms with Crippen LogP contribution < -0.4 is 15.4 Å². The van der Waals surface area contributed by atoms with Gasteiger partial charge in [0.2, 0.25) is 0 Å². The SMILES string of the molecule is CCCOc1cccnc1NCC1(C)CCNCC1. The number of aromatic nitrogens is 1. The van der Waals surface area contributed by atoms with E-state index >= 15 is 0 Å². The molecule has 1 aromatic heterocycles. The molecule has 19 heavy (non-hydrogen) atoms. The highest BCUT2D eigenvalue weighted by Crippen LogP contribution is 2.29. The van der Waals surface area contributed by atoms with Crippen LogP contribution in [0.3, 0.4) is 0 Å². The number of hydrogen-bond acceptors (Lipinski definition) is 4. The lowest BCUT2D eigenvalue weighted by Gasteiger charge is -2.34. The third kappa shape index (κ3) is 4.10. The largest absolute Gasteiger partial charge is 0.490 e. The van der Waals surface area contributed by atoms with Crippen LogP contribution in [0.1, 0.15) is 33.1 Å². The molecule has 0 aromatic carbocycles. The Hall–Kier alpha value is -1.29. The van der Waals surface area contributed by atoms with E-state index in [-0.39, 0.29) is 0 Å². The molecule has 0 spiro atoms. The van der Waals surface area contributed by atoms with Crippen molar-refractivity contribution in [3.8, 4) is 5.75 Å². The van der Waals surface area contributed by atoms with E-state index in [2.05, 4.69) is 29.5 Å². The van der Waals surface area contributed by atoms with Crippen molar-refractivity contribution in [2.75, 3.05) is 31.6 Å². The molecule has 2 heterocycles. The quantitative estimate of drug-likeness (QED) is 0.828. The number of nitrogens with zero attached hydrogens (tertiary/aromatic N) is 1. The molecule has 1 aromatic rings. The predicted octanol–water partition coefficient (Wildman–Crippen LogP) is 2.67. The van der Waals surface area contributed by atoms with Gasteiger partial charge in [0.05, 0.1) is 6.61 Å². The van der Waals surface area contributed by atoms with Crippen LogP contribution in [0.15, 0.2) is 18.3 Å². The molecule has 4 nitrogen and oxygen atoms in total. The number of anilines is 1. The van der Waals surface area contributed by atoms with Crippen molar-refractivity contribution in [1.29, 1.82) is 0 Å². The second kappa shape index (κ2) is 6.75. The highest BCUT2D eigenvalue weighted by atomic mass is 16.5. The number of piperidine rings is 1. The van der Waals surface area contributed by atoms with E-state index in [0.29, 0.717) is 5.41 Å². The van der Waals surface area contributed by atoms with Gasteiger partial charge in [-0.05, 0) is 49.9 Å². The average Bonchev–Trinajstić information content (AvgIpc) is 2.45. The van der Waals surface area contributed by atoms with Gasteiger partial charge in [0.1, 0.15) is 0 Å². The summed E-state index contributed by atoms with van der Waals surface area (Å²) in [7, 11) is 0. The summed E-state index contributed by atoms with van der Waals surface area (Å²) in [5, 5.41) is 6.88. The van der Waals surface area contributed by atoms with Crippen molar-refractivity contribution in [3.63, 3.8) is 0 Å². The summed E-state index contributed by atoms with van der Waals surface area (Å²) in [6.45, 7) is 8.37. The Balaban J connectivity index is 1.94. The molecule has 1 saturated heterocycles. The normalized spacial score (nSPS) is 18.0. The van der Waals surface area contributed by atoms with Gasteiger partial charge in [0.25, 0.3) is 0 Å². The summed E-state index contributed by atoms with van der Waals surface area (Å²) in [6, 6.07) is 3.90. The highest BCUT2D eigenvalue weighted by Gasteiger charge is 2.26. The monoisotopic (exact) mass is 263 g/mol. The van der Waals surface area contributed by atoms with Crippen molar-refractivity contribution in [2.45, 2.75) is 33.1 Å². The number of hydrogen-bond donors (Lipinski definition) is 2. The lowest BCUT2D eigenvalue weighted by Crippen LogP contribution is -2.39. The van der Waals surface area contributed by atoms with E-state index in [4.69, 9.17) is 4.74 Å². The van der Waals surface area contributed by atoms with E-state index in [1.54, 1.807) is 0 Å². The molecule has 0 amide bonds. The maximum atomic E-state index is 5.72. The summed E-state index contributed by atoms with van der Waals surface area (Å²) >= 11 is 0. The number of rotatable bonds is 6. The zero-order valence-corrected chi connectivity index (χ0v) is 12.0. The van der Waals surface area contributed by atoms with Crippen molar-refractivity contribution >= 4 is 5.82 Å². The van der Waals surface area contributed by atoms with Crippen molar-refractivity contribution < 1.29 is 4.74 Å². The fraction of sp³-hybridized carbons (Fsp3) is 0.667. The van der Waals surface area contributed by atoms with Gasteiger partial charge < -0.3 is 15.4 Å². The third-order valence-electron chi connectivity index (χ3n) is 3.73. The third-order valence-corrected chi connectivity index (χ3v) is 3.73. The van der Waals surface area contributed by atoms with Crippen LogP contribution in [0.5, 0.6) is 5.75 Å². The summed E-state index contributed by atoms with van der Waals surface area (Å²) in [6.07, 6.45) is 5.24. The lowest BCUT2D eigenvalue weighted by molar-refractivity contribution is 0.246. The van der Waals surface area contributed by atoms with Crippen LogP contribution in [-0.2, 0) is 0 Å². The molecular formula is C15H25N3O. The molecule has 106 valence electrons. The van der Waals surface area contributed by atoms with Crippen LogP contribution >= 0.6 is 0 Å². The van der Waals surface area contributed by atoms with Gasteiger partial charge >= 0.3 is 0 Å². The summed E-state index contributed by atoms with van der Waals surface area (Å²) in [4.78, 5) is 4.40. The Labute approximate surface area is 116 Å². The van der Waals surface area contributed by atoms with Crippen LogP contribution in [0.25, 0.3) is 0 Å². The first-order valence-electron chi connectivity index (χ1n) is 7.26. The fourth-order valence-electron chi connectivity index (χ4n) is 2.36. The molecule has 4 heteroatoms. The predicted molar refractivity (Wildman–Crippen MR) is 78.7 cm³/mol. The smallest absolute Gasteiger partial charge is 0.168 e. The van der Waals surface area contributed by atoms with Gasteiger partial charge in [-0.15, -0.1) is 0 Å². The zero-order valence-electron chi connectivity index (χ0n) is 12.0. The van der Waals surface area contributed by atoms with E-state index in [9.17, 15) is 0 Å². The van der Waals surface area contributed by atoms with Crippen molar-refractivity contribution in [1.82, 2.24) is 10.3 Å². The minimum Gasteiger partial charge on any atom is -0.490 e. The van der Waals surface area contributed by atoms with Gasteiger partial charge in [-0.1, -0.05) is 13.8 Å². The second-order valence-electron chi connectivity index (χ2n) is 5.61. The van der Waals surface area contributed by atoms with Crippen molar-refractivity contribution in [2.24, 2.45) is 5.41 Å². The van der Waals surface area contributed by atoms with E-state index in [0.717, 1.165) is 44.2 Å². The molecule has 0 aliphatic carbocycles. The van der Waals surface area contributed by atoms with Crippen LogP contribution in [0.4, 0.5) is 5.82 Å². The molecule has 0 unspecified atom stereocenters. The van der Waals surface area contributed by atoms with Crippen molar-refractivity contribution in [3.05, 3.63) is 18.3 Å². The Morgan fingerprint density at radius 3 is 2.95 bits per heavy atom. The number of nitrogens with one attached hydrogen (secondary N) is 2. The number of pyridine rings is 1. The van der Waals surface area contributed by atoms with Gasteiger partial charge in [0, 0.05) is 12.7 Å². The van der Waals surface area contributed by atoms with Crippen LogP contribution in [-0.4, -0.2) is 31.2 Å². The van der Waals surface area contributed by atoms with Gasteiger partial charge in [-0.25, -0.2) is 4.98 Å². The fourth-order valence-corrected chi connectivity index (χ4v) is 2.36. The minimum absolute atomic E-state index is 0.352. The lowest BCUT2D eigenvalue weighted by atomic mass is 9.81. The van der Waals surface area contributed by atoms with E-state index in [1.807, 2.05) is 18.3 Å². The molecule has 0 saturated carbocycles. The zero-order chi connectivity index (χ0) is 13.6. The maximum absolute atomic E-state index is 5.72. The van der Waals surface area contributed by atoms with Gasteiger partial charge in [0.15, 0.2) is 11.6 Å². The molecule has 2 N–H and O–H groups in total. The Kier molecular flexibility index (Phi) is 5.02. The van der Waals surface area contributed by atoms with Crippen LogP contribution in [0.2, 0.25) is 0 Å². The van der Waals surface area contributed by atoms with Crippen LogP contribution in [0, 0.1) is 5.41 Å². The highest BCUT2D eigenvalue weighted by molar-refractivity contribution is 5.49. The van der Waals surface area contributed by atoms with E-state index in [1.165, 1.54) is 12.8 Å². The Bertz CT molecular complexity index is 389. The first-order valence-corrected chi connectivity index (χ1v) is 7.26. The van der Waals surface area contributed by atoms with Gasteiger partial charge in [-0.3, -0.25) is 0 Å². The molecule has 0 atom stereocenters. The summed E-state index contributed by atoms with van der Waals surface area (Å²) < 4.78 is 5.72. The first-order chi connectivity index (χ1) is 9.23.